The second-order valence-corrected chi connectivity index (χ2v) is 13.9. The maximum atomic E-state index is 6.94. The second kappa shape index (κ2) is 10.1. The largest absolute Gasteiger partial charge is 0.455 e. The van der Waals surface area contributed by atoms with Crippen LogP contribution < -0.4 is 0 Å². The summed E-state index contributed by atoms with van der Waals surface area (Å²) in [5.74, 6) is 0. The zero-order chi connectivity index (χ0) is 34.0. The van der Waals surface area contributed by atoms with E-state index in [1.807, 2.05) is 12.1 Å². The molecule has 0 aliphatic heterocycles. The fraction of sp³-hybridized carbons (Fsp3) is 0.0204. The van der Waals surface area contributed by atoms with Crippen LogP contribution in [-0.2, 0) is 5.41 Å². The van der Waals surface area contributed by atoms with E-state index in [-0.39, 0.29) is 0 Å². The van der Waals surface area contributed by atoms with Crippen molar-refractivity contribution < 1.29 is 8.83 Å². The summed E-state index contributed by atoms with van der Waals surface area (Å²) in [6.07, 6.45) is 0. The predicted molar refractivity (Wildman–Crippen MR) is 213 cm³/mol. The van der Waals surface area contributed by atoms with Crippen LogP contribution in [0.2, 0.25) is 0 Å². The molecule has 3 aromatic heterocycles. The summed E-state index contributed by atoms with van der Waals surface area (Å²) in [6, 6.07) is 63.4. The maximum Gasteiger partial charge on any atom is 0.160 e. The normalized spacial score (nSPS) is 13.5. The van der Waals surface area contributed by atoms with Gasteiger partial charge in [0.15, 0.2) is 5.58 Å². The molecular weight excluding hydrogens is 635 g/mol. The topological polar surface area (TPSA) is 31.2 Å². The minimum Gasteiger partial charge on any atom is -0.455 e. The van der Waals surface area contributed by atoms with E-state index in [9.17, 15) is 0 Å². The molecule has 0 atom stereocenters. The van der Waals surface area contributed by atoms with Gasteiger partial charge in [0.1, 0.15) is 22.3 Å². The lowest BCUT2D eigenvalue weighted by molar-refractivity contribution is 0.667. The van der Waals surface area contributed by atoms with Gasteiger partial charge >= 0.3 is 0 Å². The summed E-state index contributed by atoms with van der Waals surface area (Å²) in [5, 5.41) is 6.56. The van der Waals surface area contributed by atoms with E-state index in [0.29, 0.717) is 0 Å². The molecule has 12 rings (SSSR count). The van der Waals surface area contributed by atoms with Crippen LogP contribution in [0.3, 0.4) is 0 Å². The summed E-state index contributed by atoms with van der Waals surface area (Å²) in [5.41, 5.74) is 13.8. The van der Waals surface area contributed by atoms with Gasteiger partial charge in [-0.2, -0.15) is 0 Å². The van der Waals surface area contributed by atoms with Crippen molar-refractivity contribution in [2.24, 2.45) is 0 Å². The number of nitrogens with zero attached hydrogens (tertiary/aromatic N) is 1. The molecule has 1 aliphatic carbocycles. The molecule has 8 aromatic carbocycles. The van der Waals surface area contributed by atoms with Crippen molar-refractivity contribution in [2.75, 3.05) is 0 Å². The Balaban J connectivity index is 1.27. The van der Waals surface area contributed by atoms with E-state index < -0.39 is 5.41 Å². The van der Waals surface area contributed by atoms with Gasteiger partial charge in [-0.05, 0) is 63.7 Å². The Kier molecular flexibility index (Phi) is 5.43. The number of hydrogen-bond acceptors (Lipinski definition) is 2. The Bertz CT molecular complexity index is 3190. The van der Waals surface area contributed by atoms with Gasteiger partial charge in [0.25, 0.3) is 0 Å². The molecule has 0 saturated carbocycles. The maximum absolute atomic E-state index is 6.94. The molecule has 0 bridgehead atoms. The van der Waals surface area contributed by atoms with E-state index >= 15 is 0 Å². The molecular formula is C49H29NO2. The van der Waals surface area contributed by atoms with E-state index in [1.54, 1.807) is 0 Å². The van der Waals surface area contributed by atoms with Crippen molar-refractivity contribution in [3.63, 3.8) is 0 Å². The van der Waals surface area contributed by atoms with Gasteiger partial charge in [0.05, 0.1) is 16.3 Å². The highest BCUT2D eigenvalue weighted by atomic mass is 16.3. The molecule has 11 aromatic rings. The van der Waals surface area contributed by atoms with Gasteiger partial charge in [-0.3, -0.25) is 0 Å². The monoisotopic (exact) mass is 663 g/mol. The molecule has 0 spiro atoms. The van der Waals surface area contributed by atoms with Crippen LogP contribution in [0.25, 0.3) is 82.5 Å². The number of aromatic nitrogens is 1. The fourth-order valence-electron chi connectivity index (χ4n) is 9.45. The van der Waals surface area contributed by atoms with Crippen LogP contribution >= 0.6 is 0 Å². The Labute approximate surface area is 298 Å². The minimum absolute atomic E-state index is 0.510. The summed E-state index contributed by atoms with van der Waals surface area (Å²) < 4.78 is 16.2. The van der Waals surface area contributed by atoms with E-state index in [0.717, 1.165) is 71.4 Å². The lowest BCUT2D eigenvalue weighted by Gasteiger charge is -2.34. The molecule has 52 heavy (non-hydrogen) atoms. The minimum atomic E-state index is -0.510. The highest BCUT2D eigenvalue weighted by Gasteiger charge is 2.46. The summed E-state index contributed by atoms with van der Waals surface area (Å²) >= 11 is 0. The van der Waals surface area contributed by atoms with Crippen molar-refractivity contribution in [3.05, 3.63) is 198 Å². The van der Waals surface area contributed by atoms with Gasteiger partial charge < -0.3 is 13.4 Å². The van der Waals surface area contributed by atoms with Crippen LogP contribution in [0.4, 0.5) is 0 Å². The molecule has 1 aliphatic rings. The number of hydrogen-bond donors (Lipinski definition) is 0. The standard InChI is InChI=1S/C49H29NO2/c1-3-15-30(16-4-1)49(31-17-5-2-6-18-31)38-23-11-7-19-33(38)34-28-27-32(29-39(34)49)50-40-24-12-8-20-35(40)45-46(50)48-44(37-22-10-14-26-42(37)52-48)43-36-21-9-13-25-41(36)51-47(43)45/h1-29H. The number of para-hydroxylation sites is 3. The Morgan fingerprint density at radius 3 is 1.65 bits per heavy atom. The first-order chi connectivity index (χ1) is 25.8. The van der Waals surface area contributed by atoms with Crippen molar-refractivity contribution in [1.82, 2.24) is 4.57 Å². The first-order valence-corrected chi connectivity index (χ1v) is 17.9. The highest BCUT2D eigenvalue weighted by Crippen LogP contribution is 2.57. The lowest BCUT2D eigenvalue weighted by Crippen LogP contribution is -2.28. The Morgan fingerprint density at radius 1 is 0.404 bits per heavy atom. The SMILES string of the molecule is c1ccc(C2(c3ccccc3)c3ccccc3-c3ccc(-n4c5ccccc5c5c6oc7ccccc7c6c6c7ccccc7oc6c54)cc32)cc1. The van der Waals surface area contributed by atoms with Crippen LogP contribution in [0.5, 0.6) is 0 Å². The molecule has 3 nitrogen and oxygen atoms in total. The first kappa shape index (κ1) is 27.9. The number of furan rings is 2. The molecule has 0 saturated heterocycles. The summed E-state index contributed by atoms with van der Waals surface area (Å²) in [4.78, 5) is 0. The van der Waals surface area contributed by atoms with Crippen molar-refractivity contribution in [2.45, 2.75) is 5.41 Å². The summed E-state index contributed by atoms with van der Waals surface area (Å²) in [6.45, 7) is 0. The average Bonchev–Trinajstić information content (AvgIpc) is 3.95. The smallest absolute Gasteiger partial charge is 0.160 e. The third kappa shape index (κ3) is 3.40. The van der Waals surface area contributed by atoms with Crippen molar-refractivity contribution in [1.29, 1.82) is 0 Å². The molecule has 3 heteroatoms. The van der Waals surface area contributed by atoms with Gasteiger partial charge in [0, 0.05) is 32.6 Å². The highest BCUT2D eigenvalue weighted by molar-refractivity contribution is 6.38. The molecule has 0 unspecified atom stereocenters. The van der Waals surface area contributed by atoms with Gasteiger partial charge in [0.2, 0.25) is 0 Å². The zero-order valence-corrected chi connectivity index (χ0v) is 28.0. The Morgan fingerprint density at radius 2 is 0.942 bits per heavy atom. The fourth-order valence-corrected chi connectivity index (χ4v) is 9.45. The number of fused-ring (bicyclic) bond motifs is 15. The van der Waals surface area contributed by atoms with Crippen molar-refractivity contribution >= 4 is 65.7 Å². The third-order valence-corrected chi connectivity index (χ3v) is 11.5. The van der Waals surface area contributed by atoms with Gasteiger partial charge in [-0.25, -0.2) is 0 Å². The third-order valence-electron chi connectivity index (χ3n) is 11.5. The molecule has 0 radical (unpaired) electrons. The van der Waals surface area contributed by atoms with Crippen LogP contribution in [0, 0.1) is 0 Å². The molecule has 0 fully saturated rings. The van der Waals surface area contributed by atoms with Crippen LogP contribution in [0.15, 0.2) is 185 Å². The number of benzene rings is 8. The predicted octanol–water partition coefficient (Wildman–Crippen LogP) is 12.9. The molecule has 3 heterocycles. The van der Waals surface area contributed by atoms with Crippen LogP contribution in [0.1, 0.15) is 22.3 Å². The number of rotatable bonds is 3. The average molecular weight is 664 g/mol. The van der Waals surface area contributed by atoms with E-state index in [1.165, 1.54) is 33.4 Å². The molecule has 0 N–H and O–H groups in total. The Hall–Kier alpha value is -6.84. The van der Waals surface area contributed by atoms with Gasteiger partial charge in [-0.15, -0.1) is 0 Å². The quantitative estimate of drug-likeness (QED) is 0.188. The van der Waals surface area contributed by atoms with Crippen LogP contribution in [-0.4, -0.2) is 4.57 Å². The molecule has 242 valence electrons. The summed E-state index contributed by atoms with van der Waals surface area (Å²) in [7, 11) is 0. The van der Waals surface area contributed by atoms with E-state index in [4.69, 9.17) is 8.83 Å². The zero-order valence-electron chi connectivity index (χ0n) is 28.0. The van der Waals surface area contributed by atoms with E-state index in [2.05, 4.69) is 168 Å². The lowest BCUT2D eigenvalue weighted by atomic mass is 9.67. The first-order valence-electron chi connectivity index (χ1n) is 17.9. The van der Waals surface area contributed by atoms with Gasteiger partial charge in [-0.1, -0.05) is 146 Å². The second-order valence-electron chi connectivity index (χ2n) is 13.9. The molecule has 0 amide bonds. The van der Waals surface area contributed by atoms with Crippen molar-refractivity contribution in [3.8, 4) is 16.8 Å².